The van der Waals surface area contributed by atoms with Crippen molar-refractivity contribution in [2.24, 2.45) is 11.1 Å². The molecule has 0 fully saturated rings. The van der Waals surface area contributed by atoms with Gasteiger partial charge in [0.15, 0.2) is 6.04 Å². The normalized spacial score (nSPS) is 12.2. The molecule has 96 valence electrons. The lowest BCUT2D eigenvalue weighted by molar-refractivity contribution is -0.153. The van der Waals surface area contributed by atoms with Crippen LogP contribution in [0.1, 0.15) is 20.3 Å². The quantitative estimate of drug-likeness (QED) is 0.421. The average molecular weight is 246 g/mol. The van der Waals surface area contributed by atoms with Gasteiger partial charge in [-0.2, -0.15) is 0 Å². The van der Waals surface area contributed by atoms with Crippen LogP contribution >= 0.6 is 0 Å². The second-order valence-corrected chi connectivity index (χ2v) is 3.87. The minimum absolute atomic E-state index is 0.00319. The first-order valence-corrected chi connectivity index (χ1v) is 4.88. The number of rotatable bonds is 7. The number of carbonyl (C=O) groups is 3. The van der Waals surface area contributed by atoms with Crippen molar-refractivity contribution in [2.45, 2.75) is 32.4 Å². The van der Waals surface area contributed by atoms with E-state index in [0.29, 0.717) is 0 Å². The van der Waals surface area contributed by atoms with Crippen LogP contribution in [0.2, 0.25) is 0 Å². The third kappa shape index (κ3) is 5.05. The molecule has 1 atom stereocenters. The lowest BCUT2D eigenvalue weighted by atomic mass is 10.0. The number of nitroso groups, excluding NO2 is 1. The molecule has 0 rings (SSSR count). The fraction of sp³-hybridized carbons (Fsp3) is 0.667. The highest BCUT2D eigenvalue weighted by Crippen LogP contribution is 2.08. The van der Waals surface area contributed by atoms with E-state index in [1.807, 2.05) is 0 Å². The van der Waals surface area contributed by atoms with Crippen LogP contribution in [0.25, 0.3) is 0 Å². The molecule has 1 amide bonds. The predicted octanol–water partition coefficient (Wildman–Crippen LogP) is -0.178. The largest absolute Gasteiger partial charge is 0.479 e. The third-order valence-corrected chi connectivity index (χ3v) is 1.91. The van der Waals surface area contributed by atoms with Crippen LogP contribution < -0.4 is 5.32 Å². The Kier molecular flexibility index (Phi) is 5.79. The van der Waals surface area contributed by atoms with Crippen LogP contribution in [-0.2, 0) is 14.4 Å². The van der Waals surface area contributed by atoms with Gasteiger partial charge in [-0.25, -0.2) is 9.59 Å². The Labute approximate surface area is 97.0 Å². The van der Waals surface area contributed by atoms with E-state index in [-0.39, 0.29) is 12.3 Å². The summed E-state index contributed by atoms with van der Waals surface area (Å²) in [5, 5.41) is 21.3. The van der Waals surface area contributed by atoms with E-state index in [0.717, 1.165) is 0 Å². The molecule has 0 aliphatic carbocycles. The van der Waals surface area contributed by atoms with E-state index in [2.05, 4.69) is 5.18 Å². The molecular formula is C9H14N2O6. The van der Waals surface area contributed by atoms with Gasteiger partial charge in [0.1, 0.15) is 0 Å². The number of nitrogens with one attached hydrogen (secondary N) is 1. The Morgan fingerprint density at radius 2 is 1.65 bits per heavy atom. The van der Waals surface area contributed by atoms with Crippen molar-refractivity contribution in [3.05, 3.63) is 4.91 Å². The highest BCUT2D eigenvalue weighted by Gasteiger charge is 2.31. The second-order valence-electron chi connectivity index (χ2n) is 3.87. The zero-order chi connectivity index (χ0) is 13.6. The van der Waals surface area contributed by atoms with E-state index in [1.165, 1.54) is 0 Å². The lowest BCUT2D eigenvalue weighted by Gasteiger charge is -2.14. The Bertz CT molecular complexity index is 313. The van der Waals surface area contributed by atoms with Crippen molar-refractivity contribution in [1.82, 2.24) is 5.32 Å². The molecule has 1 unspecified atom stereocenters. The SMILES string of the molecule is CC(C)CC(N=O)C(=O)NC(C(=O)O)C(=O)O. The van der Waals surface area contributed by atoms with Gasteiger partial charge in [0.2, 0.25) is 11.9 Å². The molecule has 0 saturated carbocycles. The van der Waals surface area contributed by atoms with Gasteiger partial charge in [0.25, 0.3) is 0 Å². The number of carboxylic acids is 2. The summed E-state index contributed by atoms with van der Waals surface area (Å²) in [5.74, 6) is -4.42. The van der Waals surface area contributed by atoms with Crippen molar-refractivity contribution in [3.63, 3.8) is 0 Å². The van der Waals surface area contributed by atoms with Crippen molar-refractivity contribution in [2.75, 3.05) is 0 Å². The van der Waals surface area contributed by atoms with Crippen LogP contribution in [0.5, 0.6) is 0 Å². The molecule has 0 aromatic heterocycles. The zero-order valence-electron chi connectivity index (χ0n) is 9.41. The summed E-state index contributed by atoms with van der Waals surface area (Å²) in [5.41, 5.74) is 0. The van der Waals surface area contributed by atoms with Crippen molar-refractivity contribution in [1.29, 1.82) is 0 Å². The molecule has 0 aromatic rings. The summed E-state index contributed by atoms with van der Waals surface area (Å²) in [6.45, 7) is 3.49. The summed E-state index contributed by atoms with van der Waals surface area (Å²) in [7, 11) is 0. The smallest absolute Gasteiger partial charge is 0.338 e. The first-order valence-electron chi connectivity index (χ1n) is 4.88. The average Bonchev–Trinajstić information content (AvgIpc) is 2.20. The standard InChI is InChI=1S/C9H14N2O6/c1-4(2)3-5(11-17)7(12)10-6(8(13)14)9(15)16/h4-6H,3H2,1-2H3,(H,10,12)(H,13,14)(H,15,16). The number of amides is 1. The Hall–Kier alpha value is -1.99. The topological polar surface area (TPSA) is 133 Å². The van der Waals surface area contributed by atoms with E-state index in [4.69, 9.17) is 10.2 Å². The maximum absolute atomic E-state index is 11.4. The van der Waals surface area contributed by atoms with Gasteiger partial charge < -0.3 is 15.5 Å². The molecule has 3 N–H and O–H groups in total. The molecule has 8 nitrogen and oxygen atoms in total. The number of nitrogens with zero attached hydrogens (tertiary/aromatic N) is 1. The van der Waals surface area contributed by atoms with E-state index >= 15 is 0 Å². The highest BCUT2D eigenvalue weighted by molar-refractivity contribution is 6.01. The molecule has 0 aliphatic heterocycles. The summed E-state index contributed by atoms with van der Waals surface area (Å²) in [6.07, 6.45) is 0.126. The van der Waals surface area contributed by atoms with Crippen molar-refractivity contribution >= 4 is 17.8 Å². The summed E-state index contributed by atoms with van der Waals surface area (Å²) < 4.78 is 0. The third-order valence-electron chi connectivity index (χ3n) is 1.91. The van der Waals surface area contributed by atoms with E-state index in [1.54, 1.807) is 19.2 Å². The minimum Gasteiger partial charge on any atom is -0.479 e. The molecule has 17 heavy (non-hydrogen) atoms. The Balaban J connectivity index is 4.63. The fourth-order valence-electron chi connectivity index (χ4n) is 1.11. The number of carbonyl (C=O) groups excluding carboxylic acids is 1. The van der Waals surface area contributed by atoms with Crippen molar-refractivity contribution < 1.29 is 24.6 Å². The summed E-state index contributed by atoms with van der Waals surface area (Å²) >= 11 is 0. The number of carboxylic acid groups (broad SMARTS) is 2. The van der Waals surface area contributed by atoms with Gasteiger partial charge in [-0.15, -0.1) is 4.91 Å². The van der Waals surface area contributed by atoms with Crippen molar-refractivity contribution in [3.8, 4) is 0 Å². The lowest BCUT2D eigenvalue weighted by Crippen LogP contribution is -2.49. The first kappa shape index (κ1) is 15.0. The van der Waals surface area contributed by atoms with E-state index < -0.39 is 29.9 Å². The number of hydrogen-bond acceptors (Lipinski definition) is 5. The second kappa shape index (κ2) is 6.56. The van der Waals surface area contributed by atoms with E-state index in [9.17, 15) is 19.3 Å². The predicted molar refractivity (Wildman–Crippen MR) is 56.2 cm³/mol. The number of aliphatic carboxylic acids is 2. The molecule has 0 bridgehead atoms. The van der Waals surface area contributed by atoms with Crippen LogP contribution in [0.15, 0.2) is 5.18 Å². The van der Waals surface area contributed by atoms with Gasteiger partial charge in [0.05, 0.1) is 0 Å². The molecule has 0 heterocycles. The Morgan fingerprint density at radius 3 is 1.94 bits per heavy atom. The monoisotopic (exact) mass is 246 g/mol. The molecule has 0 aromatic carbocycles. The zero-order valence-corrected chi connectivity index (χ0v) is 9.41. The van der Waals surface area contributed by atoms with Gasteiger partial charge in [-0.3, -0.25) is 4.79 Å². The molecule has 0 spiro atoms. The van der Waals surface area contributed by atoms with Crippen LogP contribution in [0, 0.1) is 10.8 Å². The molecule has 0 radical (unpaired) electrons. The fourth-order valence-corrected chi connectivity index (χ4v) is 1.11. The minimum atomic E-state index is -2.07. The summed E-state index contributed by atoms with van der Waals surface area (Å²) in [6, 6.07) is -3.35. The highest BCUT2D eigenvalue weighted by atomic mass is 16.4. The molecular weight excluding hydrogens is 232 g/mol. The molecule has 0 aliphatic rings. The van der Waals surface area contributed by atoms with Crippen LogP contribution in [-0.4, -0.2) is 40.1 Å². The molecule has 0 saturated heterocycles. The maximum atomic E-state index is 11.4. The molecule has 8 heteroatoms. The van der Waals surface area contributed by atoms with Crippen LogP contribution in [0.4, 0.5) is 0 Å². The van der Waals surface area contributed by atoms with Crippen LogP contribution in [0.3, 0.4) is 0 Å². The Morgan fingerprint density at radius 1 is 1.18 bits per heavy atom. The van der Waals surface area contributed by atoms with Gasteiger partial charge >= 0.3 is 11.9 Å². The van der Waals surface area contributed by atoms with Gasteiger partial charge in [0, 0.05) is 0 Å². The first-order chi connectivity index (χ1) is 7.79. The summed E-state index contributed by atoms with van der Waals surface area (Å²) in [4.78, 5) is 42.8. The number of hydrogen-bond donors (Lipinski definition) is 3. The van der Waals surface area contributed by atoms with Gasteiger partial charge in [-0.1, -0.05) is 19.0 Å². The van der Waals surface area contributed by atoms with Gasteiger partial charge in [-0.05, 0) is 12.3 Å². The maximum Gasteiger partial charge on any atom is 0.338 e.